The second kappa shape index (κ2) is 7.34. The molecular weight excluding hydrogens is 367 g/mol. The van der Waals surface area contributed by atoms with Crippen molar-refractivity contribution in [3.63, 3.8) is 0 Å². The number of nitrogens with zero attached hydrogens (tertiary/aromatic N) is 1. The highest BCUT2D eigenvalue weighted by Crippen LogP contribution is 2.36. The van der Waals surface area contributed by atoms with Gasteiger partial charge in [0.25, 0.3) is 0 Å². The van der Waals surface area contributed by atoms with E-state index in [9.17, 15) is 4.79 Å². The molecule has 4 rings (SSSR count). The number of hydrogen-bond acceptors (Lipinski definition) is 1. The number of likely N-dealkylation sites (tertiary alicyclic amines) is 1. The average Bonchev–Trinajstić information content (AvgIpc) is 3.32. The topological polar surface area (TPSA) is 36.1 Å². The molecule has 0 aliphatic carbocycles. The van der Waals surface area contributed by atoms with Gasteiger partial charge in [0.1, 0.15) is 0 Å². The Hall–Kier alpha value is -1.97. The van der Waals surface area contributed by atoms with Crippen molar-refractivity contribution in [3.8, 4) is 0 Å². The Morgan fingerprint density at radius 2 is 1.85 bits per heavy atom. The molecule has 1 atom stereocenters. The summed E-state index contributed by atoms with van der Waals surface area (Å²) in [6.07, 6.45) is 4.63. The lowest BCUT2D eigenvalue weighted by atomic mass is 9.88. The number of aromatic nitrogens is 1. The van der Waals surface area contributed by atoms with E-state index in [1.54, 1.807) is 6.07 Å². The van der Waals surface area contributed by atoms with Crippen LogP contribution in [0.3, 0.4) is 0 Å². The minimum absolute atomic E-state index is 0.0611. The normalized spacial score (nSPS) is 15.5. The van der Waals surface area contributed by atoms with E-state index in [1.807, 2.05) is 41.4 Å². The lowest BCUT2D eigenvalue weighted by Crippen LogP contribution is -2.29. The van der Waals surface area contributed by atoms with Crippen LogP contribution in [0.5, 0.6) is 0 Å². The largest absolute Gasteiger partial charge is 0.361 e. The molecular formula is C21H20Cl2N2O. The molecule has 0 radical (unpaired) electrons. The highest BCUT2D eigenvalue weighted by molar-refractivity contribution is 6.42. The summed E-state index contributed by atoms with van der Waals surface area (Å²) in [6, 6.07) is 13.8. The Bertz CT molecular complexity index is 944. The minimum atomic E-state index is -0.0611. The summed E-state index contributed by atoms with van der Waals surface area (Å²) in [6.45, 7) is 1.72. The lowest BCUT2D eigenvalue weighted by Gasteiger charge is -2.22. The van der Waals surface area contributed by atoms with Crippen LogP contribution < -0.4 is 0 Å². The van der Waals surface area contributed by atoms with E-state index < -0.39 is 0 Å². The number of halogens is 2. The number of hydrogen-bond donors (Lipinski definition) is 1. The molecule has 1 saturated heterocycles. The van der Waals surface area contributed by atoms with Crippen molar-refractivity contribution in [2.75, 3.05) is 13.1 Å². The van der Waals surface area contributed by atoms with Crippen molar-refractivity contribution in [2.24, 2.45) is 0 Å². The number of carbonyl (C=O) groups is 1. The second-order valence-corrected chi connectivity index (χ2v) is 7.62. The lowest BCUT2D eigenvalue weighted by molar-refractivity contribution is -0.130. The van der Waals surface area contributed by atoms with Gasteiger partial charge >= 0.3 is 0 Å². The van der Waals surface area contributed by atoms with Gasteiger partial charge in [0.15, 0.2) is 0 Å². The maximum absolute atomic E-state index is 12.9. The number of H-pyrrole nitrogens is 1. The Balaban J connectivity index is 1.75. The standard InChI is InChI=1S/C21H20Cl2N2O/c22-18-8-7-14(11-19(18)23)16(12-21(26)25-9-3-4-10-25)17-13-24-20-6-2-1-5-15(17)20/h1-2,5-8,11,13,16,24H,3-4,9-10,12H2/t16-/m0/s1. The smallest absolute Gasteiger partial charge is 0.223 e. The van der Waals surface area contributed by atoms with E-state index in [0.29, 0.717) is 16.5 Å². The van der Waals surface area contributed by atoms with Gasteiger partial charge in [-0.2, -0.15) is 0 Å². The van der Waals surface area contributed by atoms with Gasteiger partial charge in [-0.15, -0.1) is 0 Å². The molecule has 1 N–H and O–H groups in total. The van der Waals surface area contributed by atoms with Gasteiger partial charge in [0.05, 0.1) is 10.0 Å². The average molecular weight is 387 g/mol. The zero-order chi connectivity index (χ0) is 18.1. The molecule has 2 heterocycles. The minimum Gasteiger partial charge on any atom is -0.361 e. The predicted octanol–water partition coefficient (Wildman–Crippen LogP) is 5.62. The molecule has 0 bridgehead atoms. The first kappa shape index (κ1) is 17.4. The second-order valence-electron chi connectivity index (χ2n) is 6.81. The molecule has 0 spiro atoms. The van der Waals surface area contributed by atoms with Crippen molar-refractivity contribution in [2.45, 2.75) is 25.2 Å². The summed E-state index contributed by atoms with van der Waals surface area (Å²) < 4.78 is 0. The third-order valence-electron chi connectivity index (χ3n) is 5.18. The SMILES string of the molecule is O=C(C[C@@H](c1ccc(Cl)c(Cl)c1)c1c[nH]c2ccccc12)N1CCCC1. The Kier molecular flexibility index (Phi) is 4.92. The molecule has 1 aliphatic heterocycles. The van der Waals surface area contributed by atoms with Crippen LogP contribution in [0.15, 0.2) is 48.7 Å². The molecule has 3 aromatic rings. The molecule has 1 aromatic heterocycles. The van der Waals surface area contributed by atoms with Crippen LogP contribution in [0, 0.1) is 0 Å². The molecule has 5 heteroatoms. The van der Waals surface area contributed by atoms with Crippen LogP contribution in [-0.2, 0) is 4.79 Å². The Morgan fingerprint density at radius 1 is 1.08 bits per heavy atom. The van der Waals surface area contributed by atoms with E-state index in [4.69, 9.17) is 23.2 Å². The van der Waals surface area contributed by atoms with Gasteiger partial charge in [-0.05, 0) is 42.2 Å². The van der Waals surface area contributed by atoms with Crippen molar-refractivity contribution in [1.82, 2.24) is 9.88 Å². The molecule has 0 unspecified atom stereocenters. The van der Waals surface area contributed by atoms with Crippen molar-refractivity contribution in [1.29, 1.82) is 0 Å². The summed E-state index contributed by atoms with van der Waals surface area (Å²) in [5.41, 5.74) is 3.20. The zero-order valence-corrected chi connectivity index (χ0v) is 15.9. The first-order chi connectivity index (χ1) is 12.6. The van der Waals surface area contributed by atoms with Crippen molar-refractivity contribution >= 4 is 40.0 Å². The highest BCUT2D eigenvalue weighted by atomic mass is 35.5. The Labute approximate surface area is 162 Å². The quantitative estimate of drug-likeness (QED) is 0.620. The number of aromatic amines is 1. The molecule has 1 amide bonds. The predicted molar refractivity (Wildman–Crippen MR) is 107 cm³/mol. The summed E-state index contributed by atoms with van der Waals surface area (Å²) in [7, 11) is 0. The van der Waals surface area contributed by atoms with Gasteiger partial charge in [-0.1, -0.05) is 47.5 Å². The van der Waals surface area contributed by atoms with E-state index in [2.05, 4.69) is 11.1 Å². The number of fused-ring (bicyclic) bond motifs is 1. The van der Waals surface area contributed by atoms with Crippen LogP contribution in [0.4, 0.5) is 0 Å². The summed E-state index contributed by atoms with van der Waals surface area (Å²) >= 11 is 12.4. The summed E-state index contributed by atoms with van der Waals surface area (Å²) in [4.78, 5) is 18.2. The van der Waals surface area contributed by atoms with Crippen LogP contribution in [0.2, 0.25) is 10.0 Å². The molecule has 1 aliphatic rings. The maximum atomic E-state index is 12.9. The molecule has 0 saturated carbocycles. The van der Waals surface area contributed by atoms with E-state index >= 15 is 0 Å². The number of benzene rings is 2. The van der Waals surface area contributed by atoms with E-state index in [-0.39, 0.29) is 11.8 Å². The van der Waals surface area contributed by atoms with Crippen LogP contribution in [0.1, 0.15) is 36.3 Å². The molecule has 1 fully saturated rings. The summed E-state index contributed by atoms with van der Waals surface area (Å²) in [5.74, 6) is 0.137. The monoisotopic (exact) mass is 386 g/mol. The number of rotatable bonds is 4. The molecule has 26 heavy (non-hydrogen) atoms. The third-order valence-corrected chi connectivity index (χ3v) is 5.92. The zero-order valence-electron chi connectivity index (χ0n) is 14.3. The van der Waals surface area contributed by atoms with Crippen molar-refractivity contribution in [3.05, 3.63) is 69.8 Å². The molecule has 134 valence electrons. The van der Waals surface area contributed by atoms with E-state index in [0.717, 1.165) is 48.0 Å². The molecule has 3 nitrogen and oxygen atoms in total. The first-order valence-corrected chi connectivity index (χ1v) is 9.68. The van der Waals surface area contributed by atoms with Gasteiger partial charge in [-0.25, -0.2) is 0 Å². The first-order valence-electron chi connectivity index (χ1n) is 8.92. The fourth-order valence-corrected chi connectivity index (χ4v) is 4.10. The van der Waals surface area contributed by atoms with Gasteiger partial charge < -0.3 is 9.88 Å². The van der Waals surface area contributed by atoms with Gasteiger partial charge in [-0.3, -0.25) is 4.79 Å². The van der Waals surface area contributed by atoms with Crippen molar-refractivity contribution < 1.29 is 4.79 Å². The maximum Gasteiger partial charge on any atom is 0.223 e. The highest BCUT2D eigenvalue weighted by Gasteiger charge is 2.26. The third kappa shape index (κ3) is 3.34. The van der Waals surface area contributed by atoms with Gasteiger partial charge in [0, 0.05) is 42.5 Å². The van der Waals surface area contributed by atoms with E-state index in [1.165, 1.54) is 0 Å². The Morgan fingerprint density at radius 3 is 2.62 bits per heavy atom. The fourth-order valence-electron chi connectivity index (χ4n) is 3.79. The number of amides is 1. The number of para-hydroxylation sites is 1. The molecule has 2 aromatic carbocycles. The van der Waals surface area contributed by atoms with Crippen LogP contribution >= 0.6 is 23.2 Å². The number of carbonyl (C=O) groups excluding carboxylic acids is 1. The van der Waals surface area contributed by atoms with Crippen LogP contribution in [-0.4, -0.2) is 28.9 Å². The number of nitrogens with one attached hydrogen (secondary N) is 1. The van der Waals surface area contributed by atoms with Crippen LogP contribution in [0.25, 0.3) is 10.9 Å². The van der Waals surface area contributed by atoms with Gasteiger partial charge in [0.2, 0.25) is 5.91 Å². The fraction of sp³-hybridized carbons (Fsp3) is 0.286. The summed E-state index contributed by atoms with van der Waals surface area (Å²) in [5, 5.41) is 2.18.